The Kier molecular flexibility index (Phi) is 3.08. The Balaban J connectivity index is 2.48. The third-order valence-corrected chi connectivity index (χ3v) is 2.65. The SMILES string of the molecule is Cn1nncc1C(O)c1cc(F)c(Cl)cc1F. The smallest absolute Gasteiger partial charge is 0.142 e. The molecule has 0 bridgehead atoms. The first-order valence-electron chi connectivity index (χ1n) is 4.67. The standard InChI is InChI=1S/C10H8ClF2N3O/c1-16-9(4-14-15-16)10(17)5-2-8(13)6(11)3-7(5)12/h2-4,10,17H,1H3. The number of rotatable bonds is 2. The number of benzene rings is 1. The van der Waals surface area contributed by atoms with E-state index >= 15 is 0 Å². The van der Waals surface area contributed by atoms with Gasteiger partial charge in [-0.25, -0.2) is 13.5 Å². The Morgan fingerprint density at radius 1 is 1.35 bits per heavy atom. The molecule has 1 aromatic carbocycles. The first kappa shape index (κ1) is 11.9. The monoisotopic (exact) mass is 259 g/mol. The molecule has 7 heteroatoms. The van der Waals surface area contributed by atoms with E-state index in [-0.39, 0.29) is 16.3 Å². The normalized spacial score (nSPS) is 12.8. The molecule has 1 atom stereocenters. The van der Waals surface area contributed by atoms with Crippen LogP contribution in [0.3, 0.4) is 0 Å². The van der Waals surface area contributed by atoms with Crippen LogP contribution in [0.4, 0.5) is 8.78 Å². The number of aliphatic hydroxyl groups is 1. The van der Waals surface area contributed by atoms with E-state index in [0.717, 1.165) is 12.1 Å². The summed E-state index contributed by atoms with van der Waals surface area (Å²) in [5, 5.41) is 16.7. The summed E-state index contributed by atoms with van der Waals surface area (Å²) in [5.41, 5.74) is 0.0444. The Bertz CT molecular complexity index is 558. The van der Waals surface area contributed by atoms with Crippen molar-refractivity contribution in [1.29, 1.82) is 0 Å². The van der Waals surface area contributed by atoms with Gasteiger partial charge in [-0.1, -0.05) is 16.8 Å². The summed E-state index contributed by atoms with van der Waals surface area (Å²) in [6.45, 7) is 0. The van der Waals surface area contributed by atoms with Crippen LogP contribution in [0, 0.1) is 11.6 Å². The Hall–Kier alpha value is -1.53. The van der Waals surface area contributed by atoms with Crippen LogP contribution in [0.2, 0.25) is 5.02 Å². The Morgan fingerprint density at radius 2 is 2.06 bits per heavy atom. The van der Waals surface area contributed by atoms with Crippen molar-refractivity contribution in [2.24, 2.45) is 7.05 Å². The van der Waals surface area contributed by atoms with Crippen molar-refractivity contribution < 1.29 is 13.9 Å². The van der Waals surface area contributed by atoms with Crippen molar-refractivity contribution in [3.05, 3.63) is 46.2 Å². The van der Waals surface area contributed by atoms with Crippen LogP contribution in [0.25, 0.3) is 0 Å². The molecular weight excluding hydrogens is 252 g/mol. The quantitative estimate of drug-likeness (QED) is 0.837. The third kappa shape index (κ3) is 2.13. The summed E-state index contributed by atoms with van der Waals surface area (Å²) in [6, 6.07) is 1.68. The van der Waals surface area contributed by atoms with Crippen LogP contribution >= 0.6 is 11.6 Å². The van der Waals surface area contributed by atoms with E-state index in [1.54, 1.807) is 0 Å². The molecule has 0 radical (unpaired) electrons. The zero-order valence-corrected chi connectivity index (χ0v) is 9.49. The zero-order chi connectivity index (χ0) is 12.6. The molecule has 1 N–H and O–H groups in total. The maximum Gasteiger partial charge on any atom is 0.142 e. The third-order valence-electron chi connectivity index (χ3n) is 2.36. The number of aliphatic hydroxyl groups excluding tert-OH is 1. The fourth-order valence-electron chi connectivity index (χ4n) is 1.45. The van der Waals surface area contributed by atoms with E-state index in [0.29, 0.717) is 0 Å². The second-order valence-corrected chi connectivity index (χ2v) is 3.88. The summed E-state index contributed by atoms with van der Waals surface area (Å²) in [5.74, 6) is -1.58. The van der Waals surface area contributed by atoms with Crippen LogP contribution in [-0.4, -0.2) is 20.1 Å². The molecule has 17 heavy (non-hydrogen) atoms. The van der Waals surface area contributed by atoms with Gasteiger partial charge in [0.15, 0.2) is 0 Å². The van der Waals surface area contributed by atoms with Gasteiger partial charge in [0.05, 0.1) is 16.9 Å². The van der Waals surface area contributed by atoms with Gasteiger partial charge in [0.25, 0.3) is 0 Å². The average molecular weight is 260 g/mol. The highest BCUT2D eigenvalue weighted by molar-refractivity contribution is 6.30. The number of halogens is 3. The minimum absolute atomic E-state index is 0.211. The van der Waals surface area contributed by atoms with Crippen molar-refractivity contribution in [3.63, 3.8) is 0 Å². The first-order chi connectivity index (χ1) is 8.00. The van der Waals surface area contributed by atoms with Crippen molar-refractivity contribution in [1.82, 2.24) is 15.0 Å². The fourth-order valence-corrected chi connectivity index (χ4v) is 1.60. The highest BCUT2D eigenvalue weighted by Gasteiger charge is 2.20. The molecule has 90 valence electrons. The lowest BCUT2D eigenvalue weighted by Gasteiger charge is -2.12. The van der Waals surface area contributed by atoms with Gasteiger partial charge in [0, 0.05) is 12.6 Å². The van der Waals surface area contributed by atoms with Crippen LogP contribution in [-0.2, 0) is 7.05 Å². The minimum Gasteiger partial charge on any atom is -0.382 e. The highest BCUT2D eigenvalue weighted by atomic mass is 35.5. The van der Waals surface area contributed by atoms with Gasteiger partial charge in [-0.2, -0.15) is 0 Å². The molecule has 0 saturated heterocycles. The fraction of sp³-hybridized carbons (Fsp3) is 0.200. The summed E-state index contributed by atoms with van der Waals surface area (Å²) < 4.78 is 28.0. The molecule has 2 aromatic rings. The van der Waals surface area contributed by atoms with Crippen LogP contribution in [0.5, 0.6) is 0 Å². The molecular formula is C10H8ClF2N3O. The second kappa shape index (κ2) is 4.38. The molecule has 1 aromatic heterocycles. The predicted molar refractivity (Wildman–Crippen MR) is 56.4 cm³/mol. The van der Waals surface area contributed by atoms with E-state index in [2.05, 4.69) is 10.3 Å². The van der Waals surface area contributed by atoms with Gasteiger partial charge in [-0.05, 0) is 12.1 Å². The van der Waals surface area contributed by atoms with Crippen LogP contribution < -0.4 is 0 Å². The van der Waals surface area contributed by atoms with Gasteiger partial charge < -0.3 is 5.11 Å². The van der Waals surface area contributed by atoms with Gasteiger partial charge in [0.1, 0.15) is 17.7 Å². The largest absolute Gasteiger partial charge is 0.382 e. The number of aromatic nitrogens is 3. The number of aryl methyl sites for hydroxylation is 1. The van der Waals surface area contributed by atoms with Gasteiger partial charge in [0.2, 0.25) is 0 Å². The van der Waals surface area contributed by atoms with E-state index < -0.39 is 17.7 Å². The maximum atomic E-state index is 13.5. The van der Waals surface area contributed by atoms with Gasteiger partial charge >= 0.3 is 0 Å². The molecule has 0 saturated carbocycles. The van der Waals surface area contributed by atoms with Gasteiger partial charge in [-0.15, -0.1) is 5.10 Å². The molecule has 1 heterocycles. The molecule has 0 aliphatic carbocycles. The molecule has 2 rings (SSSR count). The van der Waals surface area contributed by atoms with Crippen LogP contribution in [0.1, 0.15) is 17.4 Å². The molecule has 1 unspecified atom stereocenters. The van der Waals surface area contributed by atoms with E-state index in [9.17, 15) is 13.9 Å². The lowest BCUT2D eigenvalue weighted by molar-refractivity contribution is 0.204. The minimum atomic E-state index is -1.35. The van der Waals surface area contributed by atoms with E-state index in [1.807, 2.05) is 0 Å². The molecule has 0 amide bonds. The summed E-state index contributed by atoms with van der Waals surface area (Å²) in [4.78, 5) is 0. The van der Waals surface area contributed by atoms with Gasteiger partial charge in [-0.3, -0.25) is 0 Å². The Morgan fingerprint density at radius 3 is 2.65 bits per heavy atom. The molecule has 4 nitrogen and oxygen atoms in total. The average Bonchev–Trinajstić information content (AvgIpc) is 2.69. The Labute approximate surface area is 100 Å². The molecule has 0 spiro atoms. The first-order valence-corrected chi connectivity index (χ1v) is 5.05. The van der Waals surface area contributed by atoms with Crippen molar-refractivity contribution >= 4 is 11.6 Å². The maximum absolute atomic E-state index is 13.5. The summed E-state index contributed by atoms with van der Waals surface area (Å²) >= 11 is 5.42. The molecule has 0 aliphatic heterocycles. The number of nitrogens with zero attached hydrogens (tertiary/aromatic N) is 3. The van der Waals surface area contributed by atoms with Crippen LogP contribution in [0.15, 0.2) is 18.3 Å². The summed E-state index contributed by atoms with van der Waals surface area (Å²) in [6.07, 6.45) is -0.0712. The molecule has 0 aliphatic rings. The highest BCUT2D eigenvalue weighted by Crippen LogP contribution is 2.27. The molecule has 0 fully saturated rings. The number of hydrogen-bond acceptors (Lipinski definition) is 3. The predicted octanol–water partition coefficient (Wildman–Crippen LogP) is 1.83. The zero-order valence-electron chi connectivity index (χ0n) is 8.73. The van der Waals surface area contributed by atoms with Crippen molar-refractivity contribution in [2.75, 3.05) is 0 Å². The second-order valence-electron chi connectivity index (χ2n) is 3.47. The summed E-state index contributed by atoms with van der Waals surface area (Å²) in [7, 11) is 1.54. The van der Waals surface area contributed by atoms with Crippen molar-refractivity contribution in [3.8, 4) is 0 Å². The lowest BCUT2D eigenvalue weighted by atomic mass is 10.1. The van der Waals surface area contributed by atoms with E-state index in [1.165, 1.54) is 17.9 Å². The van der Waals surface area contributed by atoms with E-state index in [4.69, 9.17) is 11.6 Å². The lowest BCUT2D eigenvalue weighted by Crippen LogP contribution is -2.09. The van der Waals surface area contributed by atoms with Crippen molar-refractivity contribution in [2.45, 2.75) is 6.10 Å². The number of hydrogen-bond donors (Lipinski definition) is 1. The topological polar surface area (TPSA) is 50.9 Å².